The zero-order chi connectivity index (χ0) is 13.1. The molecule has 2 unspecified atom stereocenters. The van der Waals surface area contributed by atoms with E-state index in [0.717, 1.165) is 18.0 Å². The van der Waals surface area contributed by atoms with Gasteiger partial charge in [0.2, 0.25) is 0 Å². The molecule has 1 N–H and O–H groups in total. The first-order chi connectivity index (χ1) is 7.93. The van der Waals surface area contributed by atoms with Crippen LogP contribution in [0.1, 0.15) is 37.9 Å². The summed E-state index contributed by atoms with van der Waals surface area (Å²) in [5, 5.41) is 6.67. The van der Waals surface area contributed by atoms with Gasteiger partial charge in [0.1, 0.15) is 0 Å². The van der Waals surface area contributed by atoms with Crippen molar-refractivity contribution in [2.45, 2.75) is 52.2 Å². The quantitative estimate of drug-likeness (QED) is 0.847. The fourth-order valence-corrected chi connectivity index (χ4v) is 2.73. The SMILES string of the molecule is CCC(C)(C(C)NC)N(C)Cc1csc(C)n1. The zero-order valence-corrected chi connectivity index (χ0v) is 12.7. The van der Waals surface area contributed by atoms with Gasteiger partial charge in [-0.25, -0.2) is 4.98 Å². The van der Waals surface area contributed by atoms with Gasteiger partial charge in [0.05, 0.1) is 10.7 Å². The van der Waals surface area contributed by atoms with E-state index in [0.29, 0.717) is 6.04 Å². The lowest BCUT2D eigenvalue weighted by molar-refractivity contribution is 0.0880. The minimum Gasteiger partial charge on any atom is -0.315 e. The van der Waals surface area contributed by atoms with Crippen molar-refractivity contribution < 1.29 is 0 Å². The molecule has 0 amide bonds. The number of rotatable bonds is 6. The van der Waals surface area contributed by atoms with E-state index in [9.17, 15) is 0 Å². The molecule has 1 rings (SSSR count). The molecule has 1 aromatic heterocycles. The largest absolute Gasteiger partial charge is 0.315 e. The number of hydrogen-bond acceptors (Lipinski definition) is 4. The van der Waals surface area contributed by atoms with Gasteiger partial charge in [-0.15, -0.1) is 11.3 Å². The van der Waals surface area contributed by atoms with E-state index in [4.69, 9.17) is 0 Å². The van der Waals surface area contributed by atoms with E-state index >= 15 is 0 Å². The molecule has 0 spiro atoms. The average molecular weight is 255 g/mol. The molecule has 0 saturated carbocycles. The van der Waals surface area contributed by atoms with Crippen LogP contribution in [0.4, 0.5) is 0 Å². The van der Waals surface area contributed by atoms with Gasteiger partial charge in [-0.2, -0.15) is 0 Å². The number of hydrogen-bond donors (Lipinski definition) is 1. The van der Waals surface area contributed by atoms with Gasteiger partial charge >= 0.3 is 0 Å². The van der Waals surface area contributed by atoms with Gasteiger partial charge in [0.15, 0.2) is 0 Å². The second-order valence-corrected chi connectivity index (χ2v) is 6.00. The maximum absolute atomic E-state index is 4.54. The molecule has 0 aliphatic carbocycles. The van der Waals surface area contributed by atoms with Crippen LogP contribution in [0, 0.1) is 6.92 Å². The molecule has 0 fully saturated rings. The topological polar surface area (TPSA) is 28.2 Å². The summed E-state index contributed by atoms with van der Waals surface area (Å²) in [4.78, 5) is 6.95. The molecule has 0 saturated heterocycles. The Morgan fingerprint density at radius 3 is 2.65 bits per heavy atom. The standard InChI is InChI=1S/C13H25N3S/c1-7-13(4,10(2)14-5)16(6)8-12-9-17-11(3)15-12/h9-10,14H,7-8H2,1-6H3. The molecule has 0 aliphatic heterocycles. The second kappa shape index (κ2) is 5.94. The Labute approximate surface area is 109 Å². The normalized spacial score (nSPS) is 17.1. The van der Waals surface area contributed by atoms with Crippen LogP contribution in [-0.4, -0.2) is 35.6 Å². The minimum absolute atomic E-state index is 0.159. The van der Waals surface area contributed by atoms with Crippen LogP contribution < -0.4 is 5.32 Å². The molecule has 98 valence electrons. The van der Waals surface area contributed by atoms with E-state index in [1.54, 1.807) is 11.3 Å². The number of aromatic nitrogens is 1. The maximum atomic E-state index is 4.54. The molecule has 0 aliphatic rings. The molecule has 0 aromatic carbocycles. The lowest BCUT2D eigenvalue weighted by atomic mass is 9.88. The van der Waals surface area contributed by atoms with Crippen molar-refractivity contribution in [3.8, 4) is 0 Å². The summed E-state index contributed by atoms with van der Waals surface area (Å²) in [6, 6.07) is 0.456. The van der Waals surface area contributed by atoms with Crippen LogP contribution in [0.3, 0.4) is 0 Å². The molecule has 1 heterocycles. The fourth-order valence-electron chi connectivity index (χ4n) is 2.12. The van der Waals surface area contributed by atoms with Crippen LogP contribution >= 0.6 is 11.3 Å². The molecule has 17 heavy (non-hydrogen) atoms. The minimum atomic E-state index is 0.159. The first kappa shape index (κ1) is 14.6. The van der Waals surface area contributed by atoms with Gasteiger partial charge in [-0.1, -0.05) is 6.92 Å². The molecule has 0 bridgehead atoms. The Morgan fingerprint density at radius 2 is 2.24 bits per heavy atom. The lowest BCUT2D eigenvalue weighted by Gasteiger charge is -2.42. The average Bonchev–Trinajstić information content (AvgIpc) is 2.72. The predicted molar refractivity (Wildman–Crippen MR) is 75.5 cm³/mol. The Bertz CT molecular complexity index is 350. The summed E-state index contributed by atoms with van der Waals surface area (Å²) >= 11 is 1.73. The van der Waals surface area contributed by atoms with E-state index in [1.165, 1.54) is 5.69 Å². The third-order valence-corrected chi connectivity index (χ3v) is 4.84. The first-order valence-electron chi connectivity index (χ1n) is 6.23. The zero-order valence-electron chi connectivity index (χ0n) is 11.9. The van der Waals surface area contributed by atoms with Gasteiger partial charge < -0.3 is 5.32 Å². The summed E-state index contributed by atoms with van der Waals surface area (Å²) in [5.74, 6) is 0. The van der Waals surface area contributed by atoms with Crippen LogP contribution in [0.25, 0.3) is 0 Å². The molecule has 1 aromatic rings. The van der Waals surface area contributed by atoms with Crippen molar-refractivity contribution in [2.24, 2.45) is 0 Å². The van der Waals surface area contributed by atoms with Gasteiger partial charge in [-0.3, -0.25) is 4.90 Å². The van der Waals surface area contributed by atoms with Gasteiger partial charge in [0.25, 0.3) is 0 Å². The Hall–Kier alpha value is -0.450. The van der Waals surface area contributed by atoms with Crippen LogP contribution in [0.5, 0.6) is 0 Å². The van der Waals surface area contributed by atoms with E-state index in [1.807, 2.05) is 7.05 Å². The van der Waals surface area contributed by atoms with Crippen molar-refractivity contribution in [1.29, 1.82) is 0 Å². The summed E-state index contributed by atoms with van der Waals surface area (Å²) < 4.78 is 0. The third kappa shape index (κ3) is 3.27. The van der Waals surface area contributed by atoms with Crippen LogP contribution in [0.15, 0.2) is 5.38 Å². The number of nitrogens with zero attached hydrogens (tertiary/aromatic N) is 2. The highest BCUT2D eigenvalue weighted by atomic mass is 32.1. The number of nitrogens with one attached hydrogen (secondary N) is 1. The van der Waals surface area contributed by atoms with E-state index in [-0.39, 0.29) is 5.54 Å². The number of thiazole rings is 1. The van der Waals surface area contributed by atoms with Crippen molar-refractivity contribution in [3.63, 3.8) is 0 Å². The molecule has 0 radical (unpaired) electrons. The molecular formula is C13H25N3S. The Morgan fingerprint density at radius 1 is 1.59 bits per heavy atom. The highest BCUT2D eigenvalue weighted by Crippen LogP contribution is 2.24. The lowest BCUT2D eigenvalue weighted by Crippen LogP contribution is -2.55. The van der Waals surface area contributed by atoms with Crippen LogP contribution in [0.2, 0.25) is 0 Å². The third-order valence-electron chi connectivity index (χ3n) is 4.02. The molecular weight excluding hydrogens is 230 g/mol. The van der Waals surface area contributed by atoms with Gasteiger partial charge in [-0.05, 0) is 41.3 Å². The monoisotopic (exact) mass is 255 g/mol. The molecule has 2 atom stereocenters. The summed E-state index contributed by atoms with van der Waals surface area (Å²) in [6.45, 7) is 9.78. The van der Waals surface area contributed by atoms with Crippen LogP contribution in [-0.2, 0) is 6.54 Å². The molecule has 4 heteroatoms. The molecule has 3 nitrogen and oxygen atoms in total. The van der Waals surface area contributed by atoms with Gasteiger partial charge in [0, 0.05) is 23.5 Å². The number of likely N-dealkylation sites (N-methyl/N-ethyl adjacent to an activating group) is 2. The fraction of sp³-hybridized carbons (Fsp3) is 0.769. The van der Waals surface area contributed by atoms with E-state index in [2.05, 4.69) is 55.3 Å². The number of aryl methyl sites for hydroxylation is 1. The highest BCUT2D eigenvalue weighted by Gasteiger charge is 2.32. The second-order valence-electron chi connectivity index (χ2n) is 4.94. The maximum Gasteiger partial charge on any atom is 0.0897 e. The summed E-state index contributed by atoms with van der Waals surface area (Å²) in [6.07, 6.45) is 1.12. The smallest absolute Gasteiger partial charge is 0.0897 e. The Balaban J connectivity index is 2.76. The summed E-state index contributed by atoms with van der Waals surface area (Å²) in [5.41, 5.74) is 1.34. The van der Waals surface area contributed by atoms with Crippen molar-refractivity contribution >= 4 is 11.3 Å². The Kier molecular flexibility index (Phi) is 5.10. The summed E-state index contributed by atoms with van der Waals surface area (Å²) in [7, 11) is 4.21. The van der Waals surface area contributed by atoms with Crippen molar-refractivity contribution in [3.05, 3.63) is 16.1 Å². The van der Waals surface area contributed by atoms with Crippen molar-refractivity contribution in [2.75, 3.05) is 14.1 Å². The van der Waals surface area contributed by atoms with E-state index < -0.39 is 0 Å². The first-order valence-corrected chi connectivity index (χ1v) is 7.11. The highest BCUT2D eigenvalue weighted by molar-refractivity contribution is 7.09. The predicted octanol–water partition coefficient (Wildman–Crippen LogP) is 2.66. The van der Waals surface area contributed by atoms with Crippen molar-refractivity contribution in [1.82, 2.24) is 15.2 Å².